The van der Waals surface area contributed by atoms with Crippen molar-refractivity contribution in [1.29, 1.82) is 0 Å². The molecule has 0 aromatic heterocycles. The van der Waals surface area contributed by atoms with Crippen molar-refractivity contribution in [2.75, 3.05) is 26.4 Å². The zero-order valence-electron chi connectivity index (χ0n) is 50.4. The third kappa shape index (κ3) is 57.9. The van der Waals surface area contributed by atoms with Gasteiger partial charge in [0.2, 0.25) is 0 Å². The fourth-order valence-corrected chi connectivity index (χ4v) is 9.79. The van der Waals surface area contributed by atoms with Crippen LogP contribution < -0.4 is 0 Å². The fraction of sp³-hybridized carbons (Fsp3) is 0.803. The summed E-state index contributed by atoms with van der Waals surface area (Å²) in [5.74, 6) is -1.47. The van der Waals surface area contributed by atoms with E-state index in [2.05, 4.69) is 81.5 Å². The lowest BCUT2D eigenvalue weighted by Gasteiger charge is -2.21. The molecule has 454 valence electrons. The van der Waals surface area contributed by atoms with Gasteiger partial charge in [0, 0.05) is 19.3 Å². The van der Waals surface area contributed by atoms with Gasteiger partial charge in [-0.25, -0.2) is 4.57 Å². The molecule has 0 amide bonds. The normalized spacial score (nSPS) is 13.7. The number of phosphoric acid groups is 1. The standard InChI is InChI=1S/C66H119O11P/c1-4-7-10-13-16-19-22-25-28-30-31-33-36-39-42-45-48-51-54-57-66(70)77-63(59-73-64(68)55-52-49-46-43-40-37-35-32-29-26-23-20-17-14-11-8-5-2)61-75-78(71,72)74-60-62(58-67)76-65(69)56-53-50-47-44-41-38-34-27-24-21-18-15-12-9-6-3/h8,11,17,20,25-29,34,62-63,67H,4-7,9-10,12-16,18-19,21-24,30-33,35-61H2,1-3H3,(H,71,72)/b11-8-,20-17-,28-25-,29-26-,34-27-. The Morgan fingerprint density at radius 1 is 0.372 bits per heavy atom. The highest BCUT2D eigenvalue weighted by atomic mass is 31.2. The van der Waals surface area contributed by atoms with Gasteiger partial charge in [-0.15, -0.1) is 0 Å². The Labute approximate surface area is 478 Å². The van der Waals surface area contributed by atoms with Gasteiger partial charge in [0.15, 0.2) is 6.10 Å². The molecule has 3 unspecified atom stereocenters. The number of carbonyl (C=O) groups is 3. The van der Waals surface area contributed by atoms with Crippen LogP contribution in [-0.2, 0) is 42.2 Å². The van der Waals surface area contributed by atoms with E-state index < -0.39 is 57.8 Å². The van der Waals surface area contributed by atoms with Crippen molar-refractivity contribution in [2.24, 2.45) is 0 Å². The lowest BCUT2D eigenvalue weighted by Crippen LogP contribution is -2.30. The zero-order valence-corrected chi connectivity index (χ0v) is 51.3. The van der Waals surface area contributed by atoms with E-state index in [9.17, 15) is 28.9 Å². The first-order chi connectivity index (χ1) is 38.2. The number of unbranched alkanes of at least 4 members (excludes halogenated alkanes) is 33. The molecule has 0 spiro atoms. The highest BCUT2D eigenvalue weighted by Gasteiger charge is 2.28. The molecule has 0 aliphatic heterocycles. The topological polar surface area (TPSA) is 155 Å². The van der Waals surface area contributed by atoms with Crippen LogP contribution in [0.25, 0.3) is 0 Å². The van der Waals surface area contributed by atoms with Gasteiger partial charge in [0.05, 0.1) is 19.8 Å². The summed E-state index contributed by atoms with van der Waals surface area (Å²) < 4.78 is 39.7. The first-order valence-electron chi connectivity index (χ1n) is 32.2. The predicted molar refractivity (Wildman–Crippen MR) is 325 cm³/mol. The molecule has 0 aromatic carbocycles. The molecule has 0 saturated heterocycles. The number of hydrogen-bond acceptors (Lipinski definition) is 10. The summed E-state index contributed by atoms with van der Waals surface area (Å²) in [6.07, 6.45) is 67.4. The number of aliphatic hydroxyl groups is 1. The predicted octanol–water partition coefficient (Wildman–Crippen LogP) is 19.5. The highest BCUT2D eigenvalue weighted by molar-refractivity contribution is 7.47. The second-order valence-corrected chi connectivity index (χ2v) is 23.0. The first-order valence-corrected chi connectivity index (χ1v) is 33.7. The Morgan fingerprint density at radius 3 is 1.04 bits per heavy atom. The average Bonchev–Trinajstić information content (AvgIpc) is 3.43. The maximum atomic E-state index is 13.0. The third-order valence-corrected chi connectivity index (χ3v) is 14.8. The number of hydrogen-bond donors (Lipinski definition) is 2. The number of carbonyl (C=O) groups excluding carboxylic acids is 3. The van der Waals surface area contributed by atoms with Crippen LogP contribution >= 0.6 is 7.82 Å². The second-order valence-electron chi connectivity index (χ2n) is 21.5. The molecule has 2 N–H and O–H groups in total. The van der Waals surface area contributed by atoms with Crippen molar-refractivity contribution < 1.29 is 52.2 Å². The Kier molecular flexibility index (Phi) is 58.1. The minimum atomic E-state index is -4.76. The molecular formula is C66H119O11P. The van der Waals surface area contributed by atoms with Gasteiger partial charge in [-0.1, -0.05) is 242 Å². The zero-order chi connectivity index (χ0) is 56.9. The van der Waals surface area contributed by atoms with E-state index in [1.165, 1.54) is 135 Å². The Morgan fingerprint density at radius 2 is 0.667 bits per heavy atom. The van der Waals surface area contributed by atoms with Crippen molar-refractivity contribution >= 4 is 25.7 Å². The summed E-state index contributed by atoms with van der Waals surface area (Å²) in [5.41, 5.74) is 0. The third-order valence-electron chi connectivity index (χ3n) is 13.9. The van der Waals surface area contributed by atoms with Gasteiger partial charge >= 0.3 is 25.7 Å². The van der Waals surface area contributed by atoms with Crippen molar-refractivity contribution in [3.8, 4) is 0 Å². The summed E-state index contributed by atoms with van der Waals surface area (Å²) in [4.78, 5) is 48.7. The van der Waals surface area contributed by atoms with E-state index in [0.717, 1.165) is 109 Å². The lowest BCUT2D eigenvalue weighted by molar-refractivity contribution is -0.161. The van der Waals surface area contributed by atoms with E-state index >= 15 is 0 Å². The smallest absolute Gasteiger partial charge is 0.462 e. The maximum Gasteiger partial charge on any atom is 0.472 e. The van der Waals surface area contributed by atoms with E-state index in [4.69, 9.17) is 23.3 Å². The molecule has 0 aromatic rings. The van der Waals surface area contributed by atoms with Crippen molar-refractivity contribution in [2.45, 2.75) is 315 Å². The van der Waals surface area contributed by atoms with Crippen LogP contribution in [0.1, 0.15) is 303 Å². The van der Waals surface area contributed by atoms with Crippen LogP contribution in [-0.4, -0.2) is 66.5 Å². The minimum Gasteiger partial charge on any atom is -0.462 e. The van der Waals surface area contributed by atoms with Crippen molar-refractivity contribution in [3.05, 3.63) is 60.8 Å². The Bertz CT molecular complexity index is 1540. The molecule has 78 heavy (non-hydrogen) atoms. The van der Waals surface area contributed by atoms with Crippen LogP contribution in [0.4, 0.5) is 0 Å². The monoisotopic (exact) mass is 1120 g/mol. The van der Waals surface area contributed by atoms with Crippen molar-refractivity contribution in [1.82, 2.24) is 0 Å². The van der Waals surface area contributed by atoms with E-state index in [1.807, 2.05) is 0 Å². The van der Waals surface area contributed by atoms with E-state index in [-0.39, 0.29) is 25.9 Å². The van der Waals surface area contributed by atoms with Gasteiger partial charge in [0.1, 0.15) is 12.7 Å². The number of allylic oxidation sites excluding steroid dienone is 10. The van der Waals surface area contributed by atoms with Crippen LogP contribution in [0.15, 0.2) is 60.8 Å². The molecular weight excluding hydrogens is 1000 g/mol. The molecule has 12 heteroatoms. The minimum absolute atomic E-state index is 0.163. The molecule has 0 rings (SSSR count). The number of rotatable bonds is 60. The van der Waals surface area contributed by atoms with E-state index in [0.29, 0.717) is 19.3 Å². The molecule has 0 aliphatic rings. The largest absolute Gasteiger partial charge is 0.472 e. The fourth-order valence-electron chi connectivity index (χ4n) is 9.01. The summed E-state index contributed by atoms with van der Waals surface area (Å²) in [5, 5.41) is 9.84. The number of esters is 3. The number of ether oxygens (including phenoxy) is 3. The van der Waals surface area contributed by atoms with Gasteiger partial charge in [-0.3, -0.25) is 23.4 Å². The van der Waals surface area contributed by atoms with Crippen LogP contribution in [0.3, 0.4) is 0 Å². The molecule has 0 fully saturated rings. The summed E-state index contributed by atoms with van der Waals surface area (Å²) in [6.45, 7) is 4.55. The van der Waals surface area contributed by atoms with Gasteiger partial charge in [-0.2, -0.15) is 0 Å². The average molecular weight is 1120 g/mol. The molecule has 0 radical (unpaired) electrons. The summed E-state index contributed by atoms with van der Waals surface area (Å²) in [7, 11) is -4.76. The van der Waals surface area contributed by atoms with Gasteiger partial charge < -0.3 is 24.2 Å². The molecule has 3 atom stereocenters. The maximum absolute atomic E-state index is 13.0. The van der Waals surface area contributed by atoms with E-state index in [1.54, 1.807) is 0 Å². The van der Waals surface area contributed by atoms with Crippen LogP contribution in [0.2, 0.25) is 0 Å². The van der Waals surface area contributed by atoms with Crippen LogP contribution in [0, 0.1) is 0 Å². The second kappa shape index (κ2) is 60.3. The quantitative estimate of drug-likeness (QED) is 0.0197. The lowest BCUT2D eigenvalue weighted by atomic mass is 10.1. The SMILES string of the molecule is CC/C=C\C/C=C\C/C=C\CCCCCCCCCC(=O)OCC(COP(=O)(O)OCC(CO)OC(=O)CCCCCCC/C=C\CCCCCCCC)OC(=O)CCCCCCCCCCC/C=C\CCCCCCCC. The van der Waals surface area contributed by atoms with Gasteiger partial charge in [-0.05, 0) is 103 Å². The Balaban J connectivity index is 4.71. The molecule has 0 saturated carbocycles. The van der Waals surface area contributed by atoms with Crippen molar-refractivity contribution in [3.63, 3.8) is 0 Å². The number of phosphoric ester groups is 1. The molecule has 0 aliphatic carbocycles. The van der Waals surface area contributed by atoms with Gasteiger partial charge in [0.25, 0.3) is 0 Å². The molecule has 11 nitrogen and oxygen atoms in total. The number of aliphatic hydroxyl groups excluding tert-OH is 1. The first kappa shape index (κ1) is 75.2. The van der Waals surface area contributed by atoms with Crippen LogP contribution in [0.5, 0.6) is 0 Å². The summed E-state index contributed by atoms with van der Waals surface area (Å²) in [6, 6.07) is 0. The highest BCUT2D eigenvalue weighted by Crippen LogP contribution is 2.43. The summed E-state index contributed by atoms with van der Waals surface area (Å²) >= 11 is 0. The Hall–Kier alpha value is -2.82. The molecule has 0 heterocycles. The molecule has 0 bridgehead atoms.